The molecular weight excluding hydrogens is 476 g/mol. The summed E-state index contributed by atoms with van der Waals surface area (Å²) in [5, 5.41) is 25.4. The predicted octanol–water partition coefficient (Wildman–Crippen LogP) is 3.59. The number of rotatable bonds is 9. The van der Waals surface area contributed by atoms with Crippen LogP contribution in [0.25, 0.3) is 10.8 Å². The van der Waals surface area contributed by atoms with Gasteiger partial charge in [0.1, 0.15) is 0 Å². The Morgan fingerprint density at radius 1 is 0.970 bits per heavy atom. The lowest BCUT2D eigenvalue weighted by Crippen LogP contribution is -2.22. The van der Waals surface area contributed by atoms with E-state index in [-0.39, 0.29) is 17.2 Å². The molecule has 1 heterocycles. The number of hydrazone groups is 1. The van der Waals surface area contributed by atoms with E-state index in [0.29, 0.717) is 9.90 Å². The van der Waals surface area contributed by atoms with E-state index in [0.717, 1.165) is 10.1 Å². The number of hydrogen-bond acceptors (Lipinski definition) is 9. The molecule has 0 radical (unpaired) electrons. The summed E-state index contributed by atoms with van der Waals surface area (Å²) in [4.78, 5) is 22.8. The number of amides is 1. The van der Waals surface area contributed by atoms with Crippen molar-refractivity contribution < 1.29 is 14.7 Å². The van der Waals surface area contributed by atoms with Crippen LogP contribution in [0.15, 0.2) is 80.5 Å². The summed E-state index contributed by atoms with van der Waals surface area (Å²) in [7, 11) is 0. The van der Waals surface area contributed by atoms with Crippen LogP contribution in [0.2, 0.25) is 0 Å². The van der Waals surface area contributed by atoms with Gasteiger partial charge in [-0.15, -0.1) is 10.2 Å². The van der Waals surface area contributed by atoms with E-state index in [4.69, 9.17) is 0 Å². The maximum atomic E-state index is 12.0. The number of benzene rings is 3. The second kappa shape index (κ2) is 11.1. The first-order valence-electron chi connectivity index (χ1n) is 9.77. The third-order valence-electron chi connectivity index (χ3n) is 4.49. The average Bonchev–Trinajstić information content (AvgIpc) is 3.29. The van der Waals surface area contributed by atoms with E-state index >= 15 is 0 Å². The third-order valence-corrected chi connectivity index (χ3v) is 7.73. The minimum atomic E-state index is -1.24. The van der Waals surface area contributed by atoms with Crippen LogP contribution in [0.4, 0.5) is 0 Å². The second-order valence-corrected chi connectivity index (χ2v) is 10.2. The number of fused-ring (bicyclic) bond motifs is 1. The zero-order valence-corrected chi connectivity index (χ0v) is 19.6. The number of carboxylic acids is 1. The molecule has 0 spiro atoms. The Bertz CT molecular complexity index is 1300. The van der Waals surface area contributed by atoms with Crippen LogP contribution in [0.3, 0.4) is 0 Å². The first kappa shape index (κ1) is 23.0. The van der Waals surface area contributed by atoms with Gasteiger partial charge in [0, 0.05) is 5.75 Å². The van der Waals surface area contributed by atoms with Crippen molar-refractivity contribution in [1.29, 1.82) is 0 Å². The van der Waals surface area contributed by atoms with Crippen LogP contribution in [0.1, 0.15) is 21.5 Å². The zero-order valence-electron chi connectivity index (χ0n) is 17.1. The van der Waals surface area contributed by atoms with Gasteiger partial charge in [-0.3, -0.25) is 4.79 Å². The van der Waals surface area contributed by atoms with Gasteiger partial charge in [-0.2, -0.15) is 5.10 Å². The number of nitrogens with one attached hydrogen (secondary N) is 1. The van der Waals surface area contributed by atoms with E-state index in [2.05, 4.69) is 51.1 Å². The monoisotopic (exact) mass is 493 g/mol. The van der Waals surface area contributed by atoms with Gasteiger partial charge >= 0.3 is 0 Å². The van der Waals surface area contributed by atoms with Crippen LogP contribution >= 0.6 is 34.9 Å². The Kier molecular flexibility index (Phi) is 7.71. The second-order valence-electron chi connectivity index (χ2n) is 6.75. The van der Waals surface area contributed by atoms with Crippen LogP contribution in [0.5, 0.6) is 0 Å². The zero-order chi connectivity index (χ0) is 23.0. The molecule has 1 aromatic heterocycles. The Labute approximate surface area is 202 Å². The van der Waals surface area contributed by atoms with Crippen molar-refractivity contribution in [3.8, 4) is 0 Å². The number of hydrogen-bond donors (Lipinski definition) is 1. The maximum Gasteiger partial charge on any atom is 0.250 e. The van der Waals surface area contributed by atoms with Crippen molar-refractivity contribution in [3.05, 3.63) is 83.4 Å². The predicted molar refractivity (Wildman–Crippen MR) is 131 cm³/mol. The highest BCUT2D eigenvalue weighted by Gasteiger charge is 2.09. The third kappa shape index (κ3) is 6.41. The molecule has 1 N–H and O–H groups in total. The number of carboxylic acid groups (broad SMARTS) is 1. The van der Waals surface area contributed by atoms with Gasteiger partial charge in [-0.05, 0) is 27.5 Å². The molecule has 0 saturated heterocycles. The lowest BCUT2D eigenvalue weighted by Gasteiger charge is -2.04. The summed E-state index contributed by atoms with van der Waals surface area (Å²) in [6, 6.07) is 20.6. The van der Waals surface area contributed by atoms with Crippen molar-refractivity contribution in [3.63, 3.8) is 0 Å². The lowest BCUT2D eigenvalue weighted by molar-refractivity contribution is -0.255. The quantitative estimate of drug-likeness (QED) is 0.216. The topological polar surface area (TPSA) is 107 Å². The lowest BCUT2D eigenvalue weighted by atomic mass is 10.1. The summed E-state index contributed by atoms with van der Waals surface area (Å²) < 4.78 is 1.57. The van der Waals surface area contributed by atoms with Gasteiger partial charge in [-0.25, -0.2) is 5.43 Å². The van der Waals surface area contributed by atoms with Crippen molar-refractivity contribution in [2.75, 3.05) is 5.75 Å². The number of carbonyl (C=O) groups is 2. The summed E-state index contributed by atoms with van der Waals surface area (Å²) in [5.74, 6) is -0.568. The highest BCUT2D eigenvalue weighted by molar-refractivity contribution is 8.03. The number of nitrogens with zero attached hydrogens (tertiary/aromatic N) is 3. The first-order valence-corrected chi connectivity index (χ1v) is 12.6. The van der Waals surface area contributed by atoms with E-state index < -0.39 is 5.97 Å². The standard InChI is InChI=1S/C23H18N4O3S3/c28-20(25-24-12-15-8-10-17(11-9-15)21(29)30)14-32-23-27-26-22(33-23)31-13-18-6-3-5-16-4-1-2-7-19(16)18/h1-12H,13-14H2,(H,25,28)(H,29,30)/p-1/b24-12-. The Hall–Kier alpha value is -3.21. The van der Waals surface area contributed by atoms with Crippen LogP contribution in [-0.4, -0.2) is 34.0 Å². The molecule has 7 nitrogen and oxygen atoms in total. The van der Waals surface area contributed by atoms with Crippen LogP contribution in [0, 0.1) is 0 Å². The fourth-order valence-electron chi connectivity index (χ4n) is 2.92. The fourth-order valence-corrected chi connectivity index (χ4v) is 5.73. The van der Waals surface area contributed by atoms with Gasteiger partial charge in [0.25, 0.3) is 5.91 Å². The summed E-state index contributed by atoms with van der Waals surface area (Å²) in [6.07, 6.45) is 1.44. The van der Waals surface area contributed by atoms with Crippen molar-refractivity contribution in [2.24, 2.45) is 5.10 Å². The van der Waals surface area contributed by atoms with Crippen LogP contribution < -0.4 is 10.5 Å². The van der Waals surface area contributed by atoms with Crippen molar-refractivity contribution in [1.82, 2.24) is 15.6 Å². The summed E-state index contributed by atoms with van der Waals surface area (Å²) in [6.45, 7) is 0. The molecule has 3 aromatic carbocycles. The van der Waals surface area contributed by atoms with E-state index in [1.807, 2.05) is 12.1 Å². The molecule has 0 fully saturated rings. The average molecular weight is 494 g/mol. The minimum absolute atomic E-state index is 0.0827. The smallest absolute Gasteiger partial charge is 0.250 e. The highest BCUT2D eigenvalue weighted by atomic mass is 32.2. The molecule has 0 aliphatic heterocycles. The van der Waals surface area contributed by atoms with E-state index in [1.165, 1.54) is 57.8 Å². The number of aromatic carboxylic acids is 1. The summed E-state index contributed by atoms with van der Waals surface area (Å²) in [5.41, 5.74) is 4.43. The fraction of sp³-hybridized carbons (Fsp3) is 0.0870. The van der Waals surface area contributed by atoms with Gasteiger partial charge in [0.15, 0.2) is 8.68 Å². The molecule has 4 aromatic rings. The normalized spacial score (nSPS) is 11.2. The molecule has 0 unspecified atom stereocenters. The largest absolute Gasteiger partial charge is 0.545 e. The molecule has 0 aliphatic carbocycles. The maximum absolute atomic E-state index is 12.0. The highest BCUT2D eigenvalue weighted by Crippen LogP contribution is 2.32. The molecule has 0 atom stereocenters. The van der Waals surface area contributed by atoms with Gasteiger partial charge in [0.05, 0.1) is 17.9 Å². The molecule has 0 aliphatic rings. The Balaban J connectivity index is 1.24. The van der Waals surface area contributed by atoms with Gasteiger partial charge in [-0.1, -0.05) is 102 Å². The minimum Gasteiger partial charge on any atom is -0.545 e. The molecule has 166 valence electrons. The molecule has 33 heavy (non-hydrogen) atoms. The number of aromatic nitrogens is 2. The Morgan fingerprint density at radius 2 is 1.70 bits per heavy atom. The molecule has 4 rings (SSSR count). The number of thioether (sulfide) groups is 2. The molecular formula is C23H17N4O3S3-. The summed E-state index contributed by atoms with van der Waals surface area (Å²) >= 11 is 4.38. The van der Waals surface area contributed by atoms with Crippen molar-refractivity contribution >= 4 is 63.7 Å². The SMILES string of the molecule is O=C(CSc1nnc(SCc2cccc3ccccc23)s1)N/N=C\c1ccc(C(=O)[O-])cc1. The molecule has 0 saturated carbocycles. The van der Waals surface area contributed by atoms with E-state index in [1.54, 1.807) is 23.9 Å². The van der Waals surface area contributed by atoms with Gasteiger partial charge < -0.3 is 9.90 Å². The first-order chi connectivity index (χ1) is 16.1. The Morgan fingerprint density at radius 3 is 2.48 bits per heavy atom. The number of carbonyl (C=O) groups excluding carboxylic acids is 2. The van der Waals surface area contributed by atoms with Crippen molar-refractivity contribution in [2.45, 2.75) is 14.4 Å². The van der Waals surface area contributed by atoms with Crippen LogP contribution in [-0.2, 0) is 10.5 Å². The molecule has 10 heteroatoms. The molecule has 0 bridgehead atoms. The molecule has 1 amide bonds. The van der Waals surface area contributed by atoms with Gasteiger partial charge in [0.2, 0.25) is 0 Å². The van der Waals surface area contributed by atoms with E-state index in [9.17, 15) is 14.7 Å².